The number of nitrogens with zero attached hydrogens (tertiary/aromatic N) is 2. The second-order valence-electron chi connectivity index (χ2n) is 6.54. The molecule has 0 saturated carbocycles. The zero-order valence-corrected chi connectivity index (χ0v) is 14.7. The van der Waals surface area contributed by atoms with Crippen molar-refractivity contribution in [3.05, 3.63) is 95.3 Å². The average molecular weight is 366 g/mol. The van der Waals surface area contributed by atoms with Gasteiger partial charge in [-0.05, 0) is 30.2 Å². The lowest BCUT2D eigenvalue weighted by Crippen LogP contribution is -2.10. The van der Waals surface area contributed by atoms with Crippen molar-refractivity contribution < 1.29 is 13.2 Å². The van der Waals surface area contributed by atoms with Gasteiger partial charge in [0.1, 0.15) is 5.65 Å². The number of alkyl halides is 3. The Morgan fingerprint density at radius 1 is 0.889 bits per heavy atom. The van der Waals surface area contributed by atoms with E-state index in [-0.39, 0.29) is 12.0 Å². The van der Waals surface area contributed by atoms with E-state index >= 15 is 0 Å². The zero-order chi connectivity index (χ0) is 19.0. The van der Waals surface area contributed by atoms with Gasteiger partial charge in [-0.3, -0.25) is 0 Å². The minimum absolute atomic E-state index is 0.143. The molecule has 0 bridgehead atoms. The highest BCUT2D eigenvalue weighted by Crippen LogP contribution is 2.34. The van der Waals surface area contributed by atoms with Crippen molar-refractivity contribution in [2.24, 2.45) is 0 Å². The number of halogens is 3. The summed E-state index contributed by atoms with van der Waals surface area (Å²) in [4.78, 5) is 4.69. The summed E-state index contributed by atoms with van der Waals surface area (Å²) in [6.07, 6.45) is -2.33. The number of rotatable bonds is 3. The summed E-state index contributed by atoms with van der Waals surface area (Å²) in [5, 5.41) is 0. The minimum Gasteiger partial charge on any atom is -0.303 e. The average Bonchev–Trinajstić information content (AvgIpc) is 3.00. The number of aromatic nitrogens is 2. The van der Waals surface area contributed by atoms with Crippen molar-refractivity contribution in [1.29, 1.82) is 0 Å². The first-order valence-electron chi connectivity index (χ1n) is 8.61. The molecule has 0 radical (unpaired) electrons. The van der Waals surface area contributed by atoms with Gasteiger partial charge in [0.05, 0.1) is 17.0 Å². The van der Waals surface area contributed by atoms with Crippen LogP contribution >= 0.6 is 0 Å². The van der Waals surface area contributed by atoms with Crippen LogP contribution in [0.3, 0.4) is 0 Å². The molecule has 136 valence electrons. The van der Waals surface area contributed by atoms with Crippen molar-refractivity contribution >= 4 is 5.65 Å². The fourth-order valence-electron chi connectivity index (χ4n) is 3.33. The van der Waals surface area contributed by atoms with Crippen LogP contribution in [0.4, 0.5) is 13.2 Å². The molecular weight excluding hydrogens is 349 g/mol. The van der Waals surface area contributed by atoms with E-state index in [0.29, 0.717) is 5.69 Å². The van der Waals surface area contributed by atoms with Crippen LogP contribution in [0.1, 0.15) is 22.4 Å². The highest BCUT2D eigenvalue weighted by molar-refractivity contribution is 5.67. The molecule has 0 aliphatic carbocycles. The SMILES string of the molecule is Cc1ccc2nc(-c3ccccc3)c(Cc3ccccc3C(F)(F)F)n2c1. The number of hydrogen-bond acceptors (Lipinski definition) is 1. The summed E-state index contributed by atoms with van der Waals surface area (Å²) in [6, 6.07) is 19.1. The summed E-state index contributed by atoms with van der Waals surface area (Å²) < 4.78 is 42.3. The van der Waals surface area contributed by atoms with Gasteiger partial charge in [0.2, 0.25) is 0 Å². The Balaban J connectivity index is 1.93. The third-order valence-electron chi connectivity index (χ3n) is 4.59. The summed E-state index contributed by atoms with van der Waals surface area (Å²) >= 11 is 0. The number of hydrogen-bond donors (Lipinski definition) is 0. The van der Waals surface area contributed by atoms with E-state index in [1.807, 2.05) is 60.0 Å². The molecule has 27 heavy (non-hydrogen) atoms. The lowest BCUT2D eigenvalue weighted by molar-refractivity contribution is -0.138. The summed E-state index contributed by atoms with van der Waals surface area (Å²) in [6.45, 7) is 1.95. The maximum Gasteiger partial charge on any atom is 0.416 e. The monoisotopic (exact) mass is 366 g/mol. The lowest BCUT2D eigenvalue weighted by atomic mass is 9.99. The number of aryl methyl sites for hydroxylation is 1. The molecule has 5 heteroatoms. The van der Waals surface area contributed by atoms with Gasteiger partial charge in [-0.25, -0.2) is 4.98 Å². The van der Waals surface area contributed by atoms with Gasteiger partial charge in [-0.15, -0.1) is 0 Å². The smallest absolute Gasteiger partial charge is 0.303 e. The van der Waals surface area contributed by atoms with Gasteiger partial charge in [0.25, 0.3) is 0 Å². The molecule has 0 aliphatic heterocycles. The number of pyridine rings is 1. The molecule has 2 nitrogen and oxygen atoms in total. The summed E-state index contributed by atoms with van der Waals surface area (Å²) in [5.41, 5.74) is 3.72. The predicted octanol–water partition coefficient (Wildman–Crippen LogP) is 5.92. The van der Waals surface area contributed by atoms with E-state index < -0.39 is 11.7 Å². The van der Waals surface area contributed by atoms with E-state index in [1.54, 1.807) is 6.07 Å². The second kappa shape index (κ2) is 6.58. The van der Waals surface area contributed by atoms with Crippen LogP contribution in [0, 0.1) is 6.92 Å². The third-order valence-corrected chi connectivity index (χ3v) is 4.59. The first-order chi connectivity index (χ1) is 12.9. The lowest BCUT2D eigenvalue weighted by Gasteiger charge is -2.13. The van der Waals surface area contributed by atoms with E-state index in [9.17, 15) is 13.2 Å². The first kappa shape index (κ1) is 17.3. The quantitative estimate of drug-likeness (QED) is 0.440. The minimum atomic E-state index is -4.39. The van der Waals surface area contributed by atoms with Gasteiger partial charge >= 0.3 is 6.18 Å². The van der Waals surface area contributed by atoms with E-state index in [1.165, 1.54) is 12.1 Å². The molecule has 4 rings (SSSR count). The van der Waals surface area contributed by atoms with Crippen molar-refractivity contribution in [3.63, 3.8) is 0 Å². The number of fused-ring (bicyclic) bond motifs is 1. The van der Waals surface area contributed by atoms with Crippen LogP contribution in [0.5, 0.6) is 0 Å². The van der Waals surface area contributed by atoms with Crippen molar-refractivity contribution in [2.45, 2.75) is 19.5 Å². The standard InChI is InChI=1S/C22H17F3N2/c1-15-11-12-20-26-21(16-7-3-2-4-8-16)19(27(20)14-15)13-17-9-5-6-10-18(17)22(23,24)25/h2-12,14H,13H2,1H3. The Morgan fingerprint density at radius 2 is 1.59 bits per heavy atom. The molecule has 4 aromatic rings. The normalized spacial score (nSPS) is 11.9. The molecule has 0 unspecified atom stereocenters. The van der Waals surface area contributed by atoms with Gasteiger partial charge in [-0.1, -0.05) is 54.6 Å². The van der Waals surface area contributed by atoms with Gasteiger partial charge in [0.15, 0.2) is 0 Å². The molecule has 0 saturated heterocycles. The van der Waals surface area contributed by atoms with Gasteiger partial charge in [0, 0.05) is 18.2 Å². The molecule has 0 amide bonds. The molecule has 2 aromatic carbocycles. The molecule has 0 spiro atoms. The van der Waals surface area contributed by atoms with Crippen LogP contribution in [-0.2, 0) is 12.6 Å². The topological polar surface area (TPSA) is 17.3 Å². The van der Waals surface area contributed by atoms with Gasteiger partial charge < -0.3 is 4.40 Å². The molecule has 0 aliphatic rings. The highest BCUT2D eigenvalue weighted by atomic mass is 19.4. The Bertz CT molecular complexity index is 1100. The Hall–Kier alpha value is -3.08. The molecular formula is C22H17F3N2. The van der Waals surface area contributed by atoms with Crippen LogP contribution in [0.15, 0.2) is 72.9 Å². The summed E-state index contributed by atoms with van der Waals surface area (Å²) in [5.74, 6) is 0. The Kier molecular flexibility index (Phi) is 4.22. The first-order valence-corrected chi connectivity index (χ1v) is 8.61. The zero-order valence-electron chi connectivity index (χ0n) is 14.7. The largest absolute Gasteiger partial charge is 0.416 e. The molecule has 0 fully saturated rings. The Morgan fingerprint density at radius 3 is 2.33 bits per heavy atom. The van der Waals surface area contributed by atoms with Crippen LogP contribution in [-0.4, -0.2) is 9.38 Å². The highest BCUT2D eigenvalue weighted by Gasteiger charge is 2.33. The van der Waals surface area contributed by atoms with Crippen molar-refractivity contribution in [3.8, 4) is 11.3 Å². The Labute approximate surface area is 154 Å². The number of benzene rings is 2. The summed E-state index contributed by atoms with van der Waals surface area (Å²) in [7, 11) is 0. The molecule has 2 aromatic heterocycles. The fraction of sp³-hybridized carbons (Fsp3) is 0.136. The van der Waals surface area contributed by atoms with Gasteiger partial charge in [-0.2, -0.15) is 13.2 Å². The fourth-order valence-corrected chi connectivity index (χ4v) is 3.33. The van der Waals surface area contributed by atoms with E-state index in [0.717, 1.165) is 28.5 Å². The van der Waals surface area contributed by atoms with Crippen LogP contribution in [0.25, 0.3) is 16.9 Å². The van der Waals surface area contributed by atoms with E-state index in [2.05, 4.69) is 0 Å². The number of imidazole rings is 1. The van der Waals surface area contributed by atoms with E-state index in [4.69, 9.17) is 4.98 Å². The molecule has 2 heterocycles. The van der Waals surface area contributed by atoms with Crippen molar-refractivity contribution in [2.75, 3.05) is 0 Å². The predicted molar refractivity (Wildman–Crippen MR) is 99.6 cm³/mol. The molecule has 0 N–H and O–H groups in total. The van der Waals surface area contributed by atoms with Crippen LogP contribution < -0.4 is 0 Å². The maximum absolute atomic E-state index is 13.5. The second-order valence-corrected chi connectivity index (χ2v) is 6.54. The molecule has 0 atom stereocenters. The van der Waals surface area contributed by atoms with Crippen molar-refractivity contribution in [1.82, 2.24) is 9.38 Å². The van der Waals surface area contributed by atoms with Crippen LogP contribution in [0.2, 0.25) is 0 Å². The maximum atomic E-state index is 13.5. The third kappa shape index (κ3) is 3.33.